The highest BCUT2D eigenvalue weighted by Crippen LogP contribution is 2.64. The molecule has 0 aromatic heterocycles. The summed E-state index contributed by atoms with van der Waals surface area (Å²) in [7, 11) is 0. The van der Waals surface area contributed by atoms with Crippen molar-refractivity contribution in [3.05, 3.63) is 95.1 Å². The first-order valence-corrected chi connectivity index (χ1v) is 28.1. The number of ketones is 1. The van der Waals surface area contributed by atoms with Crippen molar-refractivity contribution >= 4 is 41.7 Å². The smallest absolute Gasteiger partial charge is 0.408 e. The van der Waals surface area contributed by atoms with Crippen molar-refractivity contribution in [3.8, 4) is 0 Å². The largest absolute Gasteiger partial charge is 0.455 e. The third kappa shape index (κ3) is 15.1. The zero-order valence-electron chi connectivity index (χ0n) is 48.6. The summed E-state index contributed by atoms with van der Waals surface area (Å²) in [5.74, 6) is -6.92. The Morgan fingerprint density at radius 1 is 0.848 bits per heavy atom. The normalized spacial score (nSPS) is 28.0. The molecule has 3 fully saturated rings. The van der Waals surface area contributed by atoms with Gasteiger partial charge in [0.05, 0.1) is 35.6 Å². The van der Waals surface area contributed by atoms with Gasteiger partial charge in [0, 0.05) is 38.0 Å². The van der Waals surface area contributed by atoms with E-state index in [0.717, 1.165) is 51.9 Å². The standard InChI is InChI=1S/C62H87NO16/c1-13-15-16-17-18-19-20-21-22-23-24-25-26-27-31-34-48(67)76-50(43(35-39(3)4)63-57(71)79-58(7,8)9)56(70)74-44-37-62(72)54(77-55(69)42-32-29-28-30-33-42)52-60(12,45(65)36-46-61(52,38-73-46)78-41(6)64)53(68)51(75-47(66)14-2)49(40(44)5)59(62,10)11/h16-17,19-20,22-23,28-30,32-33,35,43-46,50-52,54,65,72H,13-15,18,21,24-27,31,34,36-38H2,1-12H3,(H,63,71)/b17-16-,20-19-,23-22-/t43-,44-,45-,46+,50+,51+,52?,54?,60+,61-,62+/m0/s1. The van der Waals surface area contributed by atoms with Crippen LogP contribution in [0, 0.1) is 16.7 Å². The third-order valence-corrected chi connectivity index (χ3v) is 15.7. The fraction of sp³-hybridized carbons (Fsp3) is 0.629. The molecule has 79 heavy (non-hydrogen) atoms. The highest BCUT2D eigenvalue weighted by atomic mass is 16.6. The Balaban J connectivity index is 1.56. The Labute approximate surface area is 466 Å². The molecule has 2 saturated carbocycles. The molecule has 1 aromatic carbocycles. The van der Waals surface area contributed by atoms with Crippen molar-refractivity contribution in [1.29, 1.82) is 0 Å². The maximum absolute atomic E-state index is 15.9. The molecular formula is C62H87NO16. The van der Waals surface area contributed by atoms with E-state index in [2.05, 4.69) is 48.7 Å². The average Bonchev–Trinajstić information content (AvgIpc) is 2.69. The van der Waals surface area contributed by atoms with Crippen LogP contribution in [0.4, 0.5) is 4.79 Å². The number of fused-ring (bicyclic) bond motifs is 5. The number of benzene rings is 1. The van der Waals surface area contributed by atoms with E-state index in [0.29, 0.717) is 18.4 Å². The van der Waals surface area contributed by atoms with Crippen molar-refractivity contribution < 1.29 is 76.9 Å². The molecule has 1 saturated heterocycles. The monoisotopic (exact) mass is 1100 g/mol. The van der Waals surface area contributed by atoms with Crippen LogP contribution in [0.1, 0.15) is 177 Å². The predicted octanol–water partition coefficient (Wildman–Crippen LogP) is 9.95. The van der Waals surface area contributed by atoms with Gasteiger partial charge in [-0.3, -0.25) is 19.2 Å². The minimum atomic E-state index is -2.44. The van der Waals surface area contributed by atoms with Gasteiger partial charge >= 0.3 is 35.9 Å². The number of amides is 1. The molecule has 1 aromatic rings. The minimum Gasteiger partial charge on any atom is -0.455 e. The molecule has 11 atom stereocenters. The van der Waals surface area contributed by atoms with Gasteiger partial charge in [-0.15, -0.1) is 0 Å². The summed E-state index contributed by atoms with van der Waals surface area (Å²) in [6.07, 6.45) is 10.4. The van der Waals surface area contributed by atoms with Crippen molar-refractivity contribution in [1.82, 2.24) is 5.32 Å². The van der Waals surface area contributed by atoms with Gasteiger partial charge in [0.25, 0.3) is 0 Å². The average molecular weight is 1100 g/mol. The topological polar surface area (TPSA) is 237 Å². The minimum absolute atomic E-state index is 0.00793. The lowest BCUT2D eigenvalue weighted by Gasteiger charge is -2.67. The Morgan fingerprint density at radius 2 is 1.48 bits per heavy atom. The van der Waals surface area contributed by atoms with E-state index in [4.69, 9.17) is 33.2 Å². The summed E-state index contributed by atoms with van der Waals surface area (Å²) in [5.41, 5.74) is -8.17. The number of carbonyl (C=O) groups is 7. The van der Waals surface area contributed by atoms with Gasteiger partial charge < -0.3 is 48.7 Å². The van der Waals surface area contributed by atoms with E-state index in [1.807, 2.05) is 0 Å². The van der Waals surface area contributed by atoms with Crippen molar-refractivity contribution in [3.63, 3.8) is 0 Å². The van der Waals surface area contributed by atoms with Crippen LogP contribution in [0.5, 0.6) is 0 Å². The van der Waals surface area contributed by atoms with Crippen LogP contribution in [0.15, 0.2) is 89.6 Å². The maximum Gasteiger partial charge on any atom is 0.408 e. The van der Waals surface area contributed by atoms with Crippen LogP contribution >= 0.6 is 0 Å². The number of alkyl carbamates (subject to hydrolysis) is 1. The van der Waals surface area contributed by atoms with Crippen molar-refractivity contribution in [2.24, 2.45) is 16.7 Å². The van der Waals surface area contributed by atoms with Gasteiger partial charge in [-0.25, -0.2) is 14.4 Å². The van der Waals surface area contributed by atoms with Gasteiger partial charge in [-0.2, -0.15) is 0 Å². The van der Waals surface area contributed by atoms with Crippen LogP contribution in [0.25, 0.3) is 0 Å². The van der Waals surface area contributed by atoms with E-state index >= 15 is 9.59 Å². The van der Waals surface area contributed by atoms with E-state index < -0.39 is 124 Å². The number of unbranched alkanes of at least 4 members (excludes halogenated alkanes) is 5. The molecule has 17 nitrogen and oxygen atoms in total. The fourth-order valence-electron chi connectivity index (χ4n) is 11.6. The molecule has 2 unspecified atom stereocenters. The Kier molecular flexibility index (Phi) is 22.3. The molecule has 436 valence electrons. The number of allylic oxidation sites excluding steroid dienone is 7. The van der Waals surface area contributed by atoms with Crippen LogP contribution in [-0.4, -0.2) is 118 Å². The number of ether oxygens (including phenoxy) is 7. The Bertz CT molecular complexity index is 2500. The maximum atomic E-state index is 15.9. The van der Waals surface area contributed by atoms with Crippen molar-refractivity contribution in [2.75, 3.05) is 6.61 Å². The molecule has 2 bridgehead atoms. The summed E-state index contributed by atoms with van der Waals surface area (Å²) in [5, 5.41) is 29.0. The van der Waals surface area contributed by atoms with Crippen LogP contribution in [0.3, 0.4) is 0 Å². The molecule has 17 heteroatoms. The number of rotatable bonds is 24. The summed E-state index contributed by atoms with van der Waals surface area (Å²) in [6, 6.07) is 6.51. The molecule has 3 aliphatic carbocycles. The summed E-state index contributed by atoms with van der Waals surface area (Å²) >= 11 is 0. The van der Waals surface area contributed by atoms with Gasteiger partial charge in [-0.1, -0.05) is 113 Å². The predicted molar refractivity (Wildman–Crippen MR) is 295 cm³/mol. The number of hydrogen-bond donors (Lipinski definition) is 3. The molecule has 1 heterocycles. The van der Waals surface area contributed by atoms with Gasteiger partial charge in [-0.05, 0) is 110 Å². The zero-order valence-corrected chi connectivity index (χ0v) is 48.6. The summed E-state index contributed by atoms with van der Waals surface area (Å²) < 4.78 is 42.7. The van der Waals surface area contributed by atoms with Crippen LogP contribution < -0.4 is 5.32 Å². The molecule has 1 aliphatic heterocycles. The number of nitrogens with one attached hydrogen (secondary N) is 1. The third-order valence-electron chi connectivity index (χ3n) is 15.7. The van der Waals surface area contributed by atoms with Crippen LogP contribution in [0.2, 0.25) is 0 Å². The number of carbonyl (C=O) groups excluding carboxylic acids is 7. The van der Waals surface area contributed by atoms with E-state index in [-0.39, 0.29) is 42.6 Å². The second-order valence-electron chi connectivity index (χ2n) is 23.4. The van der Waals surface area contributed by atoms with Gasteiger partial charge in [0.2, 0.25) is 6.10 Å². The molecule has 0 radical (unpaired) electrons. The number of Topliss-reactive ketones (excluding diaryl/α,β-unsaturated/α-hetero) is 1. The van der Waals surface area contributed by atoms with Crippen molar-refractivity contribution in [2.45, 2.75) is 226 Å². The lowest BCUT2D eigenvalue weighted by atomic mass is 9.44. The highest BCUT2D eigenvalue weighted by Gasteiger charge is 2.78. The Hall–Kier alpha value is -5.91. The number of hydrogen-bond acceptors (Lipinski definition) is 16. The second-order valence-corrected chi connectivity index (χ2v) is 23.4. The number of aliphatic hydroxyl groups is 2. The molecule has 0 spiro atoms. The Morgan fingerprint density at radius 3 is 2.06 bits per heavy atom. The van der Waals surface area contributed by atoms with E-state index in [1.54, 1.807) is 73.6 Å². The lowest BCUT2D eigenvalue weighted by molar-refractivity contribution is -0.346. The highest BCUT2D eigenvalue weighted by molar-refractivity contribution is 5.96. The summed E-state index contributed by atoms with van der Waals surface area (Å²) in [6.45, 7) is 19.0. The quantitative estimate of drug-likeness (QED) is 0.0378. The van der Waals surface area contributed by atoms with E-state index in [9.17, 15) is 34.2 Å². The summed E-state index contributed by atoms with van der Waals surface area (Å²) in [4.78, 5) is 99.7. The SMILES string of the molecule is CCC/C=C\C/C=C\C/C=C\CCCCCCC(=O)O[C@@H](C(=O)O[C@H]1C[C@@]2(O)C(OC(=O)c3ccccc3)C3[C@](C)(C(=O)[C@H](OC(=O)CC)C(=C1C)C2(C)C)[C@@H](O)C[C@H]1OC[C@@]31OC(C)=O)[C@H](C=C(C)C)NC(=O)OC(C)(C)C. The molecule has 5 rings (SSSR count). The van der Waals surface area contributed by atoms with Gasteiger partial charge in [0.15, 0.2) is 17.5 Å². The number of aliphatic hydroxyl groups excluding tert-OH is 1. The van der Waals surface area contributed by atoms with Gasteiger partial charge in [0.1, 0.15) is 29.5 Å². The molecular weight excluding hydrogens is 1010 g/mol. The molecule has 1 amide bonds. The van der Waals surface area contributed by atoms with Crippen LogP contribution in [-0.2, 0) is 57.1 Å². The first-order valence-electron chi connectivity index (χ1n) is 28.1. The molecule has 4 aliphatic rings. The number of esters is 5. The lowest BCUT2D eigenvalue weighted by Crippen LogP contribution is -2.82. The first-order chi connectivity index (χ1) is 37.2. The zero-order chi connectivity index (χ0) is 58.5. The first kappa shape index (κ1) is 63.9. The fourth-order valence-corrected chi connectivity index (χ4v) is 11.6. The van der Waals surface area contributed by atoms with E-state index in [1.165, 1.54) is 32.1 Å². The molecule has 3 N–H and O–H groups in total. The second kappa shape index (κ2) is 27.5.